The number of amides is 1. The molecule has 0 fully saturated rings. The maximum Gasteiger partial charge on any atom is 0.260 e. The number of aromatic nitrogens is 2. The zero-order valence-corrected chi connectivity index (χ0v) is 10.8. The van der Waals surface area contributed by atoms with E-state index in [-0.39, 0.29) is 11.5 Å². The first-order valence-corrected chi connectivity index (χ1v) is 6.14. The smallest absolute Gasteiger partial charge is 0.260 e. The molecule has 6 heteroatoms. The molecule has 1 aromatic heterocycles. The molecule has 1 aromatic carbocycles. The number of aromatic amines is 1. The minimum absolute atomic E-state index is 0.125. The molecule has 100 valence electrons. The summed E-state index contributed by atoms with van der Waals surface area (Å²) in [5, 5.41) is 2.69. The molecule has 1 aliphatic rings. The standard InChI is InChI=1S/C14H12N4O2/c1-8(19)18-10-4-2-9(3-5-10)13-12(11-6-15-11)14(20)17-7-16-13/h2-5,7H,6H2,1H3,(H,18,19)(H,16,17,20). The highest BCUT2D eigenvalue weighted by atomic mass is 16.1. The van der Waals surface area contributed by atoms with Gasteiger partial charge in [0.2, 0.25) is 5.91 Å². The van der Waals surface area contributed by atoms with E-state index < -0.39 is 0 Å². The van der Waals surface area contributed by atoms with Crippen LogP contribution in [0.3, 0.4) is 0 Å². The van der Waals surface area contributed by atoms with E-state index in [1.54, 1.807) is 12.1 Å². The van der Waals surface area contributed by atoms with Gasteiger partial charge in [-0.3, -0.25) is 14.6 Å². The Morgan fingerprint density at radius 1 is 1.30 bits per heavy atom. The van der Waals surface area contributed by atoms with Crippen LogP contribution in [0.4, 0.5) is 5.69 Å². The average molecular weight is 268 g/mol. The molecule has 0 aliphatic carbocycles. The number of benzene rings is 1. The van der Waals surface area contributed by atoms with Gasteiger partial charge in [-0.2, -0.15) is 0 Å². The molecule has 1 aliphatic heterocycles. The number of rotatable bonds is 3. The number of hydrogen-bond donors (Lipinski definition) is 2. The van der Waals surface area contributed by atoms with Gasteiger partial charge in [0.05, 0.1) is 29.8 Å². The third-order valence-corrected chi connectivity index (χ3v) is 2.94. The van der Waals surface area contributed by atoms with E-state index in [1.165, 1.54) is 13.3 Å². The van der Waals surface area contributed by atoms with Crippen LogP contribution in [0.1, 0.15) is 12.5 Å². The summed E-state index contributed by atoms with van der Waals surface area (Å²) in [7, 11) is 0. The van der Waals surface area contributed by atoms with E-state index in [0.29, 0.717) is 23.5 Å². The minimum Gasteiger partial charge on any atom is -0.326 e. The van der Waals surface area contributed by atoms with Gasteiger partial charge >= 0.3 is 0 Å². The molecule has 0 radical (unpaired) electrons. The molecule has 2 aromatic rings. The summed E-state index contributed by atoms with van der Waals surface area (Å²) in [6, 6.07) is 7.19. The molecule has 0 atom stereocenters. The van der Waals surface area contributed by atoms with Crippen molar-refractivity contribution in [2.24, 2.45) is 4.99 Å². The highest BCUT2D eigenvalue weighted by Gasteiger charge is 2.22. The molecule has 2 heterocycles. The van der Waals surface area contributed by atoms with Gasteiger partial charge < -0.3 is 10.3 Å². The highest BCUT2D eigenvalue weighted by molar-refractivity contribution is 6.13. The number of nitrogens with zero attached hydrogens (tertiary/aromatic N) is 2. The van der Waals surface area contributed by atoms with Crippen LogP contribution in [0.2, 0.25) is 0 Å². The van der Waals surface area contributed by atoms with Crippen LogP contribution in [0.25, 0.3) is 11.3 Å². The third-order valence-electron chi connectivity index (χ3n) is 2.94. The number of aliphatic imine (C=N–C) groups is 1. The molecular formula is C14H12N4O2. The largest absolute Gasteiger partial charge is 0.326 e. The molecule has 2 N–H and O–H groups in total. The molecular weight excluding hydrogens is 256 g/mol. The van der Waals surface area contributed by atoms with Gasteiger partial charge in [-0.1, -0.05) is 12.1 Å². The van der Waals surface area contributed by atoms with Crippen molar-refractivity contribution in [2.45, 2.75) is 6.92 Å². The topological polar surface area (TPSA) is 87.2 Å². The summed E-state index contributed by atoms with van der Waals surface area (Å²) in [5.41, 5.74) is 3.25. The lowest BCUT2D eigenvalue weighted by atomic mass is 10.0. The van der Waals surface area contributed by atoms with E-state index in [1.807, 2.05) is 12.1 Å². The summed E-state index contributed by atoms with van der Waals surface area (Å²) in [5.74, 6) is -0.125. The fourth-order valence-electron chi connectivity index (χ4n) is 2.00. The van der Waals surface area contributed by atoms with Crippen LogP contribution in [0.5, 0.6) is 0 Å². The van der Waals surface area contributed by atoms with E-state index in [9.17, 15) is 9.59 Å². The molecule has 0 bridgehead atoms. The zero-order valence-electron chi connectivity index (χ0n) is 10.8. The van der Waals surface area contributed by atoms with Crippen LogP contribution in [-0.2, 0) is 4.79 Å². The van der Waals surface area contributed by atoms with Crippen molar-refractivity contribution in [3.8, 4) is 11.3 Å². The van der Waals surface area contributed by atoms with E-state index >= 15 is 0 Å². The van der Waals surface area contributed by atoms with Gasteiger partial charge in [-0.05, 0) is 12.1 Å². The summed E-state index contributed by atoms with van der Waals surface area (Å²) in [6.45, 7) is 2.04. The Kier molecular flexibility index (Phi) is 2.90. The molecule has 3 rings (SSSR count). The van der Waals surface area contributed by atoms with Gasteiger partial charge in [0, 0.05) is 18.2 Å². The zero-order chi connectivity index (χ0) is 14.1. The van der Waals surface area contributed by atoms with Crippen molar-refractivity contribution in [2.75, 3.05) is 11.9 Å². The Morgan fingerprint density at radius 3 is 2.60 bits per heavy atom. The van der Waals surface area contributed by atoms with E-state index in [4.69, 9.17) is 0 Å². The van der Waals surface area contributed by atoms with E-state index in [2.05, 4.69) is 20.3 Å². The first-order chi connectivity index (χ1) is 9.65. The Hall–Kier alpha value is -2.76. The average Bonchev–Trinajstić information content (AvgIpc) is 3.23. The number of H-pyrrole nitrogens is 1. The van der Waals surface area contributed by atoms with Gasteiger partial charge in [0.25, 0.3) is 5.56 Å². The molecule has 20 heavy (non-hydrogen) atoms. The molecule has 0 saturated carbocycles. The van der Waals surface area contributed by atoms with Gasteiger partial charge in [-0.15, -0.1) is 0 Å². The second-order valence-electron chi connectivity index (χ2n) is 4.48. The highest BCUT2D eigenvalue weighted by Crippen LogP contribution is 2.23. The lowest BCUT2D eigenvalue weighted by Crippen LogP contribution is -2.16. The molecule has 6 nitrogen and oxygen atoms in total. The molecule has 1 amide bonds. The molecule has 0 spiro atoms. The Morgan fingerprint density at radius 2 is 2.00 bits per heavy atom. The molecule has 0 unspecified atom stereocenters. The minimum atomic E-state index is -0.183. The fraction of sp³-hybridized carbons (Fsp3) is 0.143. The van der Waals surface area contributed by atoms with Crippen molar-refractivity contribution in [3.05, 3.63) is 46.5 Å². The quantitative estimate of drug-likeness (QED) is 0.876. The van der Waals surface area contributed by atoms with Gasteiger partial charge in [0.1, 0.15) is 0 Å². The van der Waals surface area contributed by atoms with E-state index in [0.717, 1.165) is 11.3 Å². The summed E-state index contributed by atoms with van der Waals surface area (Å²) < 4.78 is 0. The summed E-state index contributed by atoms with van der Waals surface area (Å²) in [6.07, 6.45) is 1.38. The van der Waals surface area contributed by atoms with Crippen LogP contribution in [0, 0.1) is 0 Å². The number of nitrogens with one attached hydrogen (secondary N) is 2. The SMILES string of the molecule is CC(=O)Nc1ccc(-c2nc[nH]c(=O)c2C2=NC2)cc1. The number of carbonyl (C=O) groups is 1. The normalized spacial score (nSPS) is 12.8. The van der Waals surface area contributed by atoms with Crippen LogP contribution < -0.4 is 10.9 Å². The maximum atomic E-state index is 11.9. The predicted molar refractivity (Wildman–Crippen MR) is 76.0 cm³/mol. The van der Waals surface area contributed by atoms with Crippen molar-refractivity contribution in [3.63, 3.8) is 0 Å². The maximum absolute atomic E-state index is 11.9. The Bertz CT molecular complexity index is 759. The number of anilines is 1. The number of carbonyl (C=O) groups excluding carboxylic acids is 1. The van der Waals surface area contributed by atoms with Crippen molar-refractivity contribution < 1.29 is 4.79 Å². The van der Waals surface area contributed by atoms with Crippen LogP contribution in [-0.4, -0.2) is 28.1 Å². The lowest BCUT2D eigenvalue weighted by molar-refractivity contribution is -0.114. The lowest BCUT2D eigenvalue weighted by Gasteiger charge is -2.06. The second kappa shape index (κ2) is 4.73. The van der Waals surface area contributed by atoms with Crippen molar-refractivity contribution in [1.82, 2.24) is 9.97 Å². The predicted octanol–water partition coefficient (Wildman–Crippen LogP) is 1.20. The van der Waals surface area contributed by atoms with Crippen LogP contribution in [0.15, 0.2) is 40.4 Å². The van der Waals surface area contributed by atoms with Crippen molar-refractivity contribution in [1.29, 1.82) is 0 Å². The third kappa shape index (κ3) is 2.35. The van der Waals surface area contributed by atoms with Crippen LogP contribution >= 0.6 is 0 Å². The monoisotopic (exact) mass is 268 g/mol. The fourth-order valence-corrected chi connectivity index (χ4v) is 2.00. The summed E-state index contributed by atoms with van der Waals surface area (Å²) >= 11 is 0. The van der Waals surface area contributed by atoms with Crippen molar-refractivity contribution >= 4 is 17.3 Å². The number of hydrogen-bond acceptors (Lipinski definition) is 4. The Balaban J connectivity index is 2.01. The summed E-state index contributed by atoms with van der Waals surface area (Å²) in [4.78, 5) is 33.7. The van der Waals surface area contributed by atoms with Gasteiger partial charge in [0.15, 0.2) is 0 Å². The Labute approximate surface area is 114 Å². The first kappa shape index (κ1) is 12.3. The first-order valence-electron chi connectivity index (χ1n) is 6.14. The molecule has 0 saturated heterocycles. The second-order valence-corrected chi connectivity index (χ2v) is 4.48. The van der Waals surface area contributed by atoms with Gasteiger partial charge in [-0.25, -0.2) is 4.98 Å².